The van der Waals surface area contributed by atoms with Gasteiger partial charge in [-0.2, -0.15) is 0 Å². The van der Waals surface area contributed by atoms with E-state index in [-0.39, 0.29) is 5.91 Å². The zero-order chi connectivity index (χ0) is 13.4. The van der Waals surface area contributed by atoms with Gasteiger partial charge in [-0.25, -0.2) is 0 Å². The molecule has 19 heavy (non-hydrogen) atoms. The Balaban J connectivity index is 2.12. The second-order valence-corrected chi connectivity index (χ2v) is 5.50. The van der Waals surface area contributed by atoms with Crippen LogP contribution in [-0.2, 0) is 0 Å². The molecule has 3 aromatic rings. The van der Waals surface area contributed by atoms with Gasteiger partial charge in [-0.1, -0.05) is 42.0 Å². The van der Waals surface area contributed by atoms with Crippen LogP contribution in [0.5, 0.6) is 0 Å². The minimum Gasteiger partial charge on any atom is -0.366 e. The van der Waals surface area contributed by atoms with Crippen molar-refractivity contribution in [2.24, 2.45) is 5.73 Å². The van der Waals surface area contributed by atoms with Gasteiger partial charge in [-0.3, -0.25) is 4.79 Å². The third kappa shape index (κ3) is 2.13. The van der Waals surface area contributed by atoms with Crippen LogP contribution in [0.2, 0.25) is 0 Å². The molecule has 0 saturated heterocycles. The fourth-order valence-corrected chi connectivity index (χ4v) is 3.13. The Morgan fingerprint density at radius 1 is 1.05 bits per heavy atom. The maximum Gasteiger partial charge on any atom is 0.250 e. The molecule has 1 heterocycles. The van der Waals surface area contributed by atoms with Crippen molar-refractivity contribution in [3.8, 4) is 11.1 Å². The number of primary amides is 1. The summed E-state index contributed by atoms with van der Waals surface area (Å²) in [5.74, 6) is -0.366. The summed E-state index contributed by atoms with van der Waals surface area (Å²) in [6.07, 6.45) is 0. The maximum absolute atomic E-state index is 11.3. The lowest BCUT2D eigenvalue weighted by molar-refractivity contribution is 0.100. The molecule has 0 saturated carbocycles. The predicted molar refractivity (Wildman–Crippen MR) is 80.5 cm³/mol. The van der Waals surface area contributed by atoms with Gasteiger partial charge in [-0.15, -0.1) is 11.3 Å². The Bertz CT molecular complexity index is 756. The molecule has 0 unspecified atom stereocenters. The average molecular weight is 267 g/mol. The number of aryl methyl sites for hydroxylation is 1. The van der Waals surface area contributed by atoms with Gasteiger partial charge in [-0.05, 0) is 24.1 Å². The van der Waals surface area contributed by atoms with Crippen molar-refractivity contribution in [2.45, 2.75) is 6.92 Å². The van der Waals surface area contributed by atoms with E-state index in [1.807, 2.05) is 17.5 Å². The smallest absolute Gasteiger partial charge is 0.250 e. The maximum atomic E-state index is 11.3. The van der Waals surface area contributed by atoms with E-state index >= 15 is 0 Å². The molecule has 0 radical (unpaired) electrons. The van der Waals surface area contributed by atoms with Gasteiger partial charge < -0.3 is 5.73 Å². The van der Waals surface area contributed by atoms with E-state index in [0.29, 0.717) is 5.56 Å². The number of carbonyl (C=O) groups is 1. The summed E-state index contributed by atoms with van der Waals surface area (Å²) in [6, 6.07) is 14.5. The monoisotopic (exact) mass is 267 g/mol. The molecule has 0 aliphatic rings. The molecule has 0 bridgehead atoms. The minimum absolute atomic E-state index is 0.366. The highest BCUT2D eigenvalue weighted by Crippen LogP contribution is 2.30. The molecule has 0 spiro atoms. The molecule has 0 aliphatic carbocycles. The second kappa shape index (κ2) is 4.52. The summed E-state index contributed by atoms with van der Waals surface area (Å²) < 4.78 is 1.09. The molecule has 2 aromatic carbocycles. The van der Waals surface area contributed by atoms with Crippen molar-refractivity contribution in [1.82, 2.24) is 0 Å². The summed E-state index contributed by atoms with van der Waals surface area (Å²) in [7, 11) is 0. The topological polar surface area (TPSA) is 43.1 Å². The quantitative estimate of drug-likeness (QED) is 0.750. The third-order valence-electron chi connectivity index (χ3n) is 3.23. The zero-order valence-electron chi connectivity index (χ0n) is 10.5. The van der Waals surface area contributed by atoms with Crippen LogP contribution < -0.4 is 5.73 Å². The second-order valence-electron chi connectivity index (χ2n) is 4.59. The number of amides is 1. The molecule has 94 valence electrons. The summed E-state index contributed by atoms with van der Waals surface area (Å²) in [5, 5.41) is 2.76. The Hall–Kier alpha value is -2.13. The number of nitrogens with two attached hydrogens (primary N) is 1. The molecule has 1 amide bonds. The van der Waals surface area contributed by atoms with E-state index in [2.05, 4.69) is 37.3 Å². The molecular formula is C16H13NOS. The first kappa shape index (κ1) is 11.9. The zero-order valence-corrected chi connectivity index (χ0v) is 11.3. The number of rotatable bonds is 2. The molecule has 3 rings (SSSR count). The van der Waals surface area contributed by atoms with Crippen molar-refractivity contribution in [3.63, 3.8) is 0 Å². The van der Waals surface area contributed by atoms with Gasteiger partial charge in [0.25, 0.3) is 0 Å². The molecule has 0 aliphatic heterocycles. The summed E-state index contributed by atoms with van der Waals surface area (Å²) in [4.78, 5) is 11.3. The first-order valence-corrected chi connectivity index (χ1v) is 6.91. The van der Waals surface area contributed by atoms with Crippen LogP contribution in [0.4, 0.5) is 0 Å². The highest BCUT2D eigenvalue weighted by atomic mass is 32.1. The molecule has 3 heteroatoms. The van der Waals surface area contributed by atoms with E-state index in [4.69, 9.17) is 5.73 Å². The van der Waals surface area contributed by atoms with E-state index in [0.717, 1.165) is 15.6 Å². The van der Waals surface area contributed by atoms with E-state index in [1.54, 1.807) is 11.3 Å². The third-order valence-corrected chi connectivity index (χ3v) is 4.17. The summed E-state index contributed by atoms with van der Waals surface area (Å²) >= 11 is 1.55. The number of thiophene rings is 1. The SMILES string of the molecule is Cc1ccc(-c2ccc3c(C(N)=O)csc3c2)cc1. The van der Waals surface area contributed by atoms with Crippen LogP contribution in [0.1, 0.15) is 15.9 Å². The van der Waals surface area contributed by atoms with E-state index in [1.165, 1.54) is 11.1 Å². The number of hydrogen-bond donors (Lipinski definition) is 1. The Morgan fingerprint density at radius 3 is 2.42 bits per heavy atom. The van der Waals surface area contributed by atoms with Gasteiger partial charge in [0, 0.05) is 15.5 Å². The normalized spacial score (nSPS) is 10.8. The lowest BCUT2D eigenvalue weighted by atomic mass is 10.0. The van der Waals surface area contributed by atoms with Crippen LogP contribution >= 0.6 is 11.3 Å². The van der Waals surface area contributed by atoms with Crippen molar-refractivity contribution < 1.29 is 4.79 Å². The van der Waals surface area contributed by atoms with Crippen LogP contribution in [-0.4, -0.2) is 5.91 Å². The van der Waals surface area contributed by atoms with Crippen LogP contribution in [0.25, 0.3) is 21.2 Å². The highest BCUT2D eigenvalue weighted by molar-refractivity contribution is 7.17. The Kier molecular flexibility index (Phi) is 2.84. The van der Waals surface area contributed by atoms with Crippen molar-refractivity contribution in [2.75, 3.05) is 0 Å². The number of fused-ring (bicyclic) bond motifs is 1. The highest BCUT2D eigenvalue weighted by Gasteiger charge is 2.09. The average Bonchev–Trinajstić information content (AvgIpc) is 2.82. The first-order chi connectivity index (χ1) is 9.15. The van der Waals surface area contributed by atoms with Gasteiger partial charge in [0.05, 0.1) is 5.56 Å². The fraction of sp³-hybridized carbons (Fsp3) is 0.0625. The van der Waals surface area contributed by atoms with Gasteiger partial charge >= 0.3 is 0 Å². The fourth-order valence-electron chi connectivity index (χ4n) is 2.14. The standard InChI is InChI=1S/C16H13NOS/c1-10-2-4-11(5-3-10)12-6-7-13-14(16(17)18)9-19-15(13)8-12/h2-9H,1H3,(H2,17,18). The molecule has 2 nitrogen and oxygen atoms in total. The van der Waals surface area contributed by atoms with Gasteiger partial charge in [0.1, 0.15) is 0 Å². The largest absolute Gasteiger partial charge is 0.366 e. The van der Waals surface area contributed by atoms with Gasteiger partial charge in [0.2, 0.25) is 5.91 Å². The lowest BCUT2D eigenvalue weighted by Gasteiger charge is -2.03. The van der Waals surface area contributed by atoms with Crippen LogP contribution in [0.3, 0.4) is 0 Å². The lowest BCUT2D eigenvalue weighted by Crippen LogP contribution is -2.09. The predicted octanol–water partition coefficient (Wildman–Crippen LogP) is 3.98. The molecule has 2 N–H and O–H groups in total. The molecule has 1 aromatic heterocycles. The summed E-state index contributed by atoms with van der Waals surface area (Å²) in [5.41, 5.74) is 9.55. The first-order valence-electron chi connectivity index (χ1n) is 6.03. The molecular weight excluding hydrogens is 254 g/mol. The molecule has 0 atom stereocenters. The van der Waals surface area contributed by atoms with E-state index in [9.17, 15) is 4.79 Å². The number of benzene rings is 2. The Morgan fingerprint density at radius 2 is 1.74 bits per heavy atom. The van der Waals surface area contributed by atoms with Crippen molar-refractivity contribution in [1.29, 1.82) is 0 Å². The number of hydrogen-bond acceptors (Lipinski definition) is 2. The van der Waals surface area contributed by atoms with Crippen molar-refractivity contribution in [3.05, 3.63) is 59.0 Å². The van der Waals surface area contributed by atoms with Gasteiger partial charge in [0.15, 0.2) is 0 Å². The molecule has 0 fully saturated rings. The summed E-state index contributed by atoms with van der Waals surface area (Å²) in [6.45, 7) is 2.07. The van der Waals surface area contributed by atoms with Crippen molar-refractivity contribution >= 4 is 27.3 Å². The van der Waals surface area contributed by atoms with Crippen LogP contribution in [0.15, 0.2) is 47.8 Å². The number of carbonyl (C=O) groups excluding carboxylic acids is 1. The minimum atomic E-state index is -0.366. The van der Waals surface area contributed by atoms with Crippen LogP contribution in [0, 0.1) is 6.92 Å². The Labute approximate surface area is 115 Å². The van der Waals surface area contributed by atoms with E-state index < -0.39 is 0 Å².